The van der Waals surface area contributed by atoms with Crippen LogP contribution in [0.4, 0.5) is 0 Å². The number of nitrogens with zero attached hydrogens (tertiary/aromatic N) is 1. The highest BCUT2D eigenvalue weighted by Crippen LogP contribution is 2.28. The van der Waals surface area contributed by atoms with Crippen LogP contribution in [0.3, 0.4) is 0 Å². The van der Waals surface area contributed by atoms with Gasteiger partial charge in [0.05, 0.1) is 19.6 Å². The van der Waals surface area contributed by atoms with Crippen molar-refractivity contribution in [1.29, 1.82) is 0 Å². The molecule has 2 unspecified atom stereocenters. The lowest BCUT2D eigenvalue weighted by atomic mass is 9.99. The average Bonchev–Trinajstić information content (AvgIpc) is 2.45. The highest BCUT2D eigenvalue weighted by molar-refractivity contribution is 5.68. The van der Waals surface area contributed by atoms with Crippen molar-refractivity contribution in [3.8, 4) is 0 Å². The lowest BCUT2D eigenvalue weighted by Gasteiger charge is -2.40. The van der Waals surface area contributed by atoms with Gasteiger partial charge in [-0.2, -0.15) is 0 Å². The number of ether oxygens (including phenoxy) is 1. The molecule has 0 saturated carbocycles. The van der Waals surface area contributed by atoms with Crippen molar-refractivity contribution >= 4 is 5.97 Å². The van der Waals surface area contributed by atoms with Gasteiger partial charge >= 0.3 is 5.97 Å². The molecule has 2 atom stereocenters. The topological polar surface area (TPSA) is 49.8 Å². The minimum atomic E-state index is -0.754. The maximum absolute atomic E-state index is 11.2. The molecule has 1 aromatic rings. The van der Waals surface area contributed by atoms with E-state index in [4.69, 9.17) is 4.74 Å². The van der Waals surface area contributed by atoms with Gasteiger partial charge in [-0.05, 0) is 12.0 Å². The Labute approximate surface area is 114 Å². The van der Waals surface area contributed by atoms with E-state index in [9.17, 15) is 9.90 Å². The van der Waals surface area contributed by atoms with E-state index in [-0.39, 0.29) is 12.5 Å². The molecular formula is C15H21NO3. The molecule has 4 nitrogen and oxygen atoms in total. The van der Waals surface area contributed by atoms with Crippen molar-refractivity contribution in [2.75, 3.05) is 19.8 Å². The summed E-state index contributed by atoms with van der Waals surface area (Å²) < 4.78 is 5.51. The Bertz CT molecular complexity index is 407. The van der Waals surface area contributed by atoms with Crippen LogP contribution in [0.2, 0.25) is 0 Å². The number of morpholine rings is 1. The zero-order valence-corrected chi connectivity index (χ0v) is 11.3. The first-order valence-corrected chi connectivity index (χ1v) is 6.82. The Morgan fingerprint density at radius 3 is 2.84 bits per heavy atom. The minimum absolute atomic E-state index is 0.0625. The summed E-state index contributed by atoms with van der Waals surface area (Å²) >= 11 is 0. The number of hydrogen-bond acceptors (Lipinski definition) is 3. The molecule has 1 heterocycles. The number of hydrogen-bond donors (Lipinski definition) is 1. The fraction of sp³-hybridized carbons (Fsp3) is 0.533. The van der Waals surface area contributed by atoms with Gasteiger partial charge in [-0.1, -0.05) is 37.3 Å². The second kappa shape index (κ2) is 6.68. The third-order valence-corrected chi connectivity index (χ3v) is 3.70. The van der Waals surface area contributed by atoms with Crippen molar-refractivity contribution in [2.45, 2.75) is 31.8 Å². The first-order valence-electron chi connectivity index (χ1n) is 6.82. The van der Waals surface area contributed by atoms with Crippen molar-refractivity contribution in [3.63, 3.8) is 0 Å². The molecule has 19 heavy (non-hydrogen) atoms. The van der Waals surface area contributed by atoms with Gasteiger partial charge in [0, 0.05) is 18.6 Å². The molecule has 2 rings (SSSR count). The molecular weight excluding hydrogens is 242 g/mol. The van der Waals surface area contributed by atoms with Gasteiger partial charge in [-0.3, -0.25) is 9.69 Å². The van der Waals surface area contributed by atoms with Crippen molar-refractivity contribution < 1.29 is 14.6 Å². The second-order valence-electron chi connectivity index (χ2n) is 4.90. The summed E-state index contributed by atoms with van der Waals surface area (Å²) in [6.45, 7) is 4.29. The van der Waals surface area contributed by atoms with Crippen LogP contribution in [-0.2, 0) is 9.53 Å². The fourth-order valence-electron chi connectivity index (χ4n) is 2.70. The number of carboxylic acids is 1. The first kappa shape index (κ1) is 14.0. The lowest BCUT2D eigenvalue weighted by molar-refractivity contribution is -0.139. The van der Waals surface area contributed by atoms with Crippen LogP contribution in [0.15, 0.2) is 30.3 Å². The SMILES string of the molecule is CCC1COCCN1C(CC(=O)O)c1ccccc1. The van der Waals surface area contributed by atoms with E-state index in [0.717, 1.165) is 18.5 Å². The van der Waals surface area contributed by atoms with Gasteiger partial charge in [0.1, 0.15) is 0 Å². The number of aliphatic carboxylic acids is 1. The van der Waals surface area contributed by atoms with E-state index in [1.807, 2.05) is 30.3 Å². The van der Waals surface area contributed by atoms with Gasteiger partial charge in [0.2, 0.25) is 0 Å². The molecule has 0 aliphatic carbocycles. The molecule has 1 aromatic carbocycles. The Hall–Kier alpha value is -1.39. The minimum Gasteiger partial charge on any atom is -0.481 e. The maximum Gasteiger partial charge on any atom is 0.305 e. The van der Waals surface area contributed by atoms with Crippen LogP contribution < -0.4 is 0 Å². The van der Waals surface area contributed by atoms with E-state index in [1.54, 1.807) is 0 Å². The predicted molar refractivity (Wildman–Crippen MR) is 73.0 cm³/mol. The van der Waals surface area contributed by atoms with Crippen LogP contribution in [0, 0.1) is 0 Å². The highest BCUT2D eigenvalue weighted by atomic mass is 16.5. The van der Waals surface area contributed by atoms with Gasteiger partial charge in [0.25, 0.3) is 0 Å². The summed E-state index contributed by atoms with van der Waals surface area (Å²) in [4.78, 5) is 13.4. The van der Waals surface area contributed by atoms with Crippen LogP contribution in [0.25, 0.3) is 0 Å². The summed E-state index contributed by atoms with van der Waals surface area (Å²) in [5, 5.41) is 9.18. The molecule has 104 valence electrons. The largest absolute Gasteiger partial charge is 0.481 e. The van der Waals surface area contributed by atoms with Gasteiger partial charge in [-0.25, -0.2) is 0 Å². The maximum atomic E-state index is 11.2. The second-order valence-corrected chi connectivity index (χ2v) is 4.90. The molecule has 1 N–H and O–H groups in total. The summed E-state index contributed by atoms with van der Waals surface area (Å²) in [6, 6.07) is 10.1. The summed E-state index contributed by atoms with van der Waals surface area (Å²) in [6.07, 6.45) is 1.11. The number of rotatable bonds is 5. The normalized spacial score (nSPS) is 22.1. The number of carboxylic acid groups (broad SMARTS) is 1. The van der Waals surface area contributed by atoms with E-state index < -0.39 is 5.97 Å². The van der Waals surface area contributed by atoms with Crippen molar-refractivity contribution in [2.24, 2.45) is 0 Å². The third kappa shape index (κ3) is 3.55. The van der Waals surface area contributed by atoms with Gasteiger partial charge in [-0.15, -0.1) is 0 Å². The lowest BCUT2D eigenvalue weighted by Crippen LogP contribution is -2.47. The third-order valence-electron chi connectivity index (χ3n) is 3.70. The molecule has 1 aliphatic rings. The van der Waals surface area contributed by atoms with Gasteiger partial charge < -0.3 is 9.84 Å². The van der Waals surface area contributed by atoms with E-state index in [1.165, 1.54) is 0 Å². The van der Waals surface area contributed by atoms with Crippen molar-refractivity contribution in [1.82, 2.24) is 4.90 Å². The Balaban J connectivity index is 2.23. The fourth-order valence-corrected chi connectivity index (χ4v) is 2.70. The molecule has 0 radical (unpaired) electrons. The summed E-state index contributed by atoms with van der Waals surface area (Å²) in [5.74, 6) is -0.754. The quantitative estimate of drug-likeness (QED) is 0.885. The zero-order valence-electron chi connectivity index (χ0n) is 11.3. The van der Waals surface area contributed by atoms with Crippen LogP contribution in [0.5, 0.6) is 0 Å². The Morgan fingerprint density at radius 2 is 2.21 bits per heavy atom. The first-order chi connectivity index (χ1) is 9.22. The molecule has 0 aromatic heterocycles. The van der Waals surface area contributed by atoms with E-state index in [0.29, 0.717) is 19.3 Å². The molecule has 1 aliphatic heterocycles. The molecule has 4 heteroatoms. The standard InChI is InChI=1S/C15H21NO3/c1-2-13-11-19-9-8-16(13)14(10-15(17)18)12-6-4-3-5-7-12/h3-7,13-14H,2,8-11H2,1H3,(H,17,18). The monoisotopic (exact) mass is 263 g/mol. The smallest absolute Gasteiger partial charge is 0.305 e. The van der Waals surface area contributed by atoms with Crippen LogP contribution in [-0.4, -0.2) is 41.8 Å². The van der Waals surface area contributed by atoms with E-state index >= 15 is 0 Å². The molecule has 1 fully saturated rings. The Morgan fingerprint density at radius 1 is 1.47 bits per heavy atom. The summed E-state index contributed by atoms with van der Waals surface area (Å²) in [7, 11) is 0. The van der Waals surface area contributed by atoms with Crippen molar-refractivity contribution in [3.05, 3.63) is 35.9 Å². The van der Waals surface area contributed by atoms with Crippen LogP contribution in [0.1, 0.15) is 31.4 Å². The Kier molecular flexibility index (Phi) is 4.93. The number of carbonyl (C=O) groups is 1. The average molecular weight is 263 g/mol. The molecule has 0 spiro atoms. The molecule has 0 amide bonds. The van der Waals surface area contributed by atoms with E-state index in [2.05, 4.69) is 11.8 Å². The molecule has 0 bridgehead atoms. The number of benzene rings is 1. The zero-order chi connectivity index (χ0) is 13.7. The van der Waals surface area contributed by atoms with Crippen LogP contribution >= 0.6 is 0 Å². The summed E-state index contributed by atoms with van der Waals surface area (Å²) in [5.41, 5.74) is 1.07. The molecule has 1 saturated heterocycles. The highest BCUT2D eigenvalue weighted by Gasteiger charge is 2.30. The predicted octanol–water partition coefficient (Wildman–Crippen LogP) is 2.31. The van der Waals surface area contributed by atoms with Gasteiger partial charge in [0.15, 0.2) is 0 Å².